The van der Waals surface area contributed by atoms with Crippen LogP contribution < -0.4 is 16.4 Å². The Labute approximate surface area is 121 Å². The maximum atomic E-state index is 11.9. The van der Waals surface area contributed by atoms with E-state index < -0.39 is 6.04 Å². The van der Waals surface area contributed by atoms with Gasteiger partial charge in [0.2, 0.25) is 11.8 Å². The van der Waals surface area contributed by atoms with Gasteiger partial charge in [0.25, 0.3) is 5.91 Å². The molecule has 7 heteroatoms. The molecule has 1 saturated heterocycles. The topological polar surface area (TPSA) is 105 Å². The molecule has 0 spiro atoms. The van der Waals surface area contributed by atoms with Crippen molar-refractivity contribution in [2.24, 2.45) is 0 Å². The number of amides is 3. The minimum absolute atomic E-state index is 0.0370. The summed E-state index contributed by atoms with van der Waals surface area (Å²) in [5, 5.41) is 5.78. The van der Waals surface area contributed by atoms with Crippen LogP contribution in [0.25, 0.3) is 0 Å². The number of anilines is 3. The largest absolute Gasteiger partial charge is 0.397 e. The van der Waals surface area contributed by atoms with E-state index in [0.29, 0.717) is 29.9 Å². The van der Waals surface area contributed by atoms with Gasteiger partial charge in [-0.05, 0) is 24.1 Å². The number of carbonyl (C=O) groups is 3. The molecule has 3 rings (SSSR count). The fraction of sp³-hybridized carbons (Fsp3) is 0.357. The zero-order valence-electron chi connectivity index (χ0n) is 11.6. The average molecular weight is 288 g/mol. The molecule has 1 unspecified atom stereocenters. The molecule has 1 aromatic carbocycles. The van der Waals surface area contributed by atoms with Crippen molar-refractivity contribution in [3.63, 3.8) is 0 Å². The lowest BCUT2D eigenvalue weighted by Gasteiger charge is -2.21. The Morgan fingerprint density at radius 3 is 2.71 bits per heavy atom. The molecule has 110 valence electrons. The number of hydrogen-bond acceptors (Lipinski definition) is 5. The van der Waals surface area contributed by atoms with E-state index in [9.17, 15) is 14.4 Å². The highest BCUT2D eigenvalue weighted by Gasteiger charge is 2.36. The number of nitrogens with one attached hydrogen (secondary N) is 2. The number of imide groups is 1. The lowest BCUT2D eigenvalue weighted by molar-refractivity contribution is -0.136. The maximum absolute atomic E-state index is 11.9. The molecule has 2 heterocycles. The Morgan fingerprint density at radius 1 is 1.29 bits per heavy atom. The van der Waals surface area contributed by atoms with Gasteiger partial charge >= 0.3 is 0 Å². The summed E-state index contributed by atoms with van der Waals surface area (Å²) in [5.41, 5.74) is 8.72. The highest BCUT2D eigenvalue weighted by atomic mass is 16.2. The van der Waals surface area contributed by atoms with Crippen molar-refractivity contribution in [3.8, 4) is 0 Å². The van der Waals surface area contributed by atoms with Crippen LogP contribution in [-0.4, -0.2) is 35.7 Å². The summed E-state index contributed by atoms with van der Waals surface area (Å²) in [7, 11) is 1.46. The second kappa shape index (κ2) is 4.76. The van der Waals surface area contributed by atoms with Crippen LogP contribution in [0.15, 0.2) is 12.1 Å². The number of fused-ring (bicyclic) bond motifs is 1. The van der Waals surface area contributed by atoms with Crippen molar-refractivity contribution >= 4 is 34.8 Å². The molecular weight excluding hydrogens is 272 g/mol. The van der Waals surface area contributed by atoms with Gasteiger partial charge in [-0.1, -0.05) is 0 Å². The summed E-state index contributed by atoms with van der Waals surface area (Å²) in [6, 6.07) is 2.90. The van der Waals surface area contributed by atoms with Gasteiger partial charge in [-0.2, -0.15) is 0 Å². The number of hydrogen-bond donors (Lipinski definition) is 3. The summed E-state index contributed by atoms with van der Waals surface area (Å²) >= 11 is 0. The summed E-state index contributed by atoms with van der Waals surface area (Å²) in [6.07, 6.45) is 1.20. The van der Waals surface area contributed by atoms with Crippen LogP contribution in [0.5, 0.6) is 0 Å². The zero-order chi connectivity index (χ0) is 15.1. The predicted molar refractivity (Wildman–Crippen MR) is 77.6 cm³/mol. The molecular formula is C14H16N4O3. The molecule has 1 aromatic rings. The van der Waals surface area contributed by atoms with E-state index in [2.05, 4.69) is 10.6 Å². The van der Waals surface area contributed by atoms with E-state index in [1.54, 1.807) is 12.1 Å². The third kappa shape index (κ3) is 2.31. The third-order valence-electron chi connectivity index (χ3n) is 3.88. The van der Waals surface area contributed by atoms with Crippen LogP contribution in [0.4, 0.5) is 17.1 Å². The number of rotatable bonds is 2. The van der Waals surface area contributed by atoms with Gasteiger partial charge in [0.05, 0.1) is 17.8 Å². The highest BCUT2D eigenvalue weighted by molar-refractivity contribution is 6.07. The van der Waals surface area contributed by atoms with Gasteiger partial charge in [0.1, 0.15) is 6.04 Å². The molecule has 0 aliphatic carbocycles. The minimum Gasteiger partial charge on any atom is -0.397 e. The normalized spacial score (nSPS) is 21.3. The first-order valence-corrected chi connectivity index (χ1v) is 6.75. The Morgan fingerprint density at radius 2 is 2.05 bits per heavy atom. The van der Waals surface area contributed by atoms with Crippen LogP contribution in [0.3, 0.4) is 0 Å². The quantitative estimate of drug-likeness (QED) is 0.537. The van der Waals surface area contributed by atoms with Gasteiger partial charge in [-0.25, -0.2) is 0 Å². The van der Waals surface area contributed by atoms with Gasteiger partial charge < -0.3 is 16.4 Å². The number of nitrogens with two attached hydrogens (primary N) is 1. The highest BCUT2D eigenvalue weighted by Crippen LogP contribution is 2.32. The van der Waals surface area contributed by atoms with Crippen LogP contribution in [0, 0.1) is 0 Å². The Kier molecular flexibility index (Phi) is 3.04. The minimum atomic E-state index is -0.609. The molecule has 1 fully saturated rings. The molecule has 0 radical (unpaired) electrons. The van der Waals surface area contributed by atoms with Gasteiger partial charge in [0, 0.05) is 19.2 Å². The summed E-state index contributed by atoms with van der Waals surface area (Å²) in [4.78, 5) is 36.0. The molecule has 0 saturated carbocycles. The van der Waals surface area contributed by atoms with Crippen molar-refractivity contribution < 1.29 is 14.4 Å². The van der Waals surface area contributed by atoms with Crippen LogP contribution in [0.2, 0.25) is 0 Å². The van der Waals surface area contributed by atoms with E-state index in [0.717, 1.165) is 10.5 Å². The number of carbonyl (C=O) groups excluding carboxylic acids is 3. The van der Waals surface area contributed by atoms with Crippen LogP contribution in [-0.2, 0) is 20.8 Å². The van der Waals surface area contributed by atoms with E-state index in [1.165, 1.54) is 7.05 Å². The average Bonchev–Trinajstić information content (AvgIpc) is 2.68. The lowest BCUT2D eigenvalue weighted by Crippen LogP contribution is -2.32. The standard InChI is InChI=1S/C14H16N4O3/c1-18-13(20)6-11(14(18)21)16-10-5-9-7(4-8(10)15)2-3-12(19)17-9/h4-5,11,16H,2-3,6,15H2,1H3,(H,17,19). The summed E-state index contributed by atoms with van der Waals surface area (Å²) < 4.78 is 0. The van der Waals surface area contributed by atoms with E-state index in [-0.39, 0.29) is 24.1 Å². The SMILES string of the molecule is CN1C(=O)CC(Nc2cc3c(cc2N)CCC(=O)N3)C1=O. The second-order valence-corrected chi connectivity index (χ2v) is 5.34. The van der Waals surface area contributed by atoms with Gasteiger partial charge in [-0.3, -0.25) is 19.3 Å². The van der Waals surface area contributed by atoms with Crippen molar-refractivity contribution in [2.75, 3.05) is 23.4 Å². The number of aryl methyl sites for hydroxylation is 1. The van der Waals surface area contributed by atoms with Gasteiger partial charge in [-0.15, -0.1) is 0 Å². The molecule has 2 aliphatic rings. The van der Waals surface area contributed by atoms with Crippen LogP contribution >= 0.6 is 0 Å². The maximum Gasteiger partial charge on any atom is 0.251 e. The summed E-state index contributed by atoms with van der Waals surface area (Å²) in [5.74, 6) is -0.534. The smallest absolute Gasteiger partial charge is 0.251 e. The molecule has 3 amide bonds. The van der Waals surface area contributed by atoms with E-state index in [4.69, 9.17) is 5.73 Å². The van der Waals surface area contributed by atoms with Crippen molar-refractivity contribution in [3.05, 3.63) is 17.7 Å². The zero-order valence-corrected chi connectivity index (χ0v) is 11.6. The summed E-state index contributed by atoms with van der Waals surface area (Å²) in [6.45, 7) is 0. The molecule has 0 aromatic heterocycles. The fourth-order valence-electron chi connectivity index (χ4n) is 2.63. The number of nitrogen functional groups attached to an aromatic ring is 1. The first-order chi connectivity index (χ1) is 9.95. The molecule has 0 bridgehead atoms. The number of likely N-dealkylation sites (N-methyl/N-ethyl adjacent to an activating group) is 1. The fourth-order valence-corrected chi connectivity index (χ4v) is 2.63. The second-order valence-electron chi connectivity index (χ2n) is 5.34. The van der Waals surface area contributed by atoms with E-state index >= 15 is 0 Å². The molecule has 21 heavy (non-hydrogen) atoms. The van der Waals surface area contributed by atoms with Gasteiger partial charge in [0.15, 0.2) is 0 Å². The van der Waals surface area contributed by atoms with Crippen LogP contribution in [0.1, 0.15) is 18.4 Å². The monoisotopic (exact) mass is 288 g/mol. The molecule has 4 N–H and O–H groups in total. The Bertz CT molecular complexity index is 656. The van der Waals surface area contributed by atoms with Crippen molar-refractivity contribution in [1.82, 2.24) is 4.90 Å². The molecule has 7 nitrogen and oxygen atoms in total. The number of benzene rings is 1. The van der Waals surface area contributed by atoms with Crippen molar-refractivity contribution in [2.45, 2.75) is 25.3 Å². The van der Waals surface area contributed by atoms with E-state index in [1.807, 2.05) is 0 Å². The molecule has 1 atom stereocenters. The number of likely N-dealkylation sites (tertiary alicyclic amines) is 1. The Balaban J connectivity index is 1.86. The first-order valence-electron chi connectivity index (χ1n) is 6.75. The third-order valence-corrected chi connectivity index (χ3v) is 3.88. The van der Waals surface area contributed by atoms with Crippen molar-refractivity contribution in [1.29, 1.82) is 0 Å². The Hall–Kier alpha value is -2.57. The molecule has 2 aliphatic heterocycles. The lowest BCUT2D eigenvalue weighted by atomic mass is 10.0. The number of nitrogens with zero attached hydrogens (tertiary/aromatic N) is 1. The first kappa shape index (κ1) is 13.4. The predicted octanol–water partition coefficient (Wildman–Crippen LogP) is 0.323.